The molecule has 1 rings (SSSR count). The predicted molar refractivity (Wildman–Crippen MR) is 74.9 cm³/mol. The van der Waals surface area contributed by atoms with E-state index in [2.05, 4.69) is 23.6 Å². The number of nitrogens with zero attached hydrogens (tertiary/aromatic N) is 2. The SMILES string of the molecule is CC(C)CCCN1CCN(CCOCCO)CC1. The Labute approximate surface area is 112 Å². The molecule has 0 saturated carbocycles. The van der Waals surface area contributed by atoms with Crippen molar-refractivity contribution in [2.75, 3.05) is 59.1 Å². The minimum atomic E-state index is 0.129. The highest BCUT2D eigenvalue weighted by Gasteiger charge is 2.15. The van der Waals surface area contributed by atoms with Gasteiger partial charge < -0.3 is 14.7 Å². The molecule has 1 heterocycles. The van der Waals surface area contributed by atoms with Crippen molar-refractivity contribution in [2.45, 2.75) is 26.7 Å². The molecule has 4 heteroatoms. The smallest absolute Gasteiger partial charge is 0.0698 e. The van der Waals surface area contributed by atoms with E-state index in [4.69, 9.17) is 9.84 Å². The minimum absolute atomic E-state index is 0.129. The molecule has 0 aliphatic carbocycles. The van der Waals surface area contributed by atoms with E-state index in [1.807, 2.05) is 0 Å². The topological polar surface area (TPSA) is 35.9 Å². The van der Waals surface area contributed by atoms with Crippen LogP contribution in [0.2, 0.25) is 0 Å². The molecule has 1 saturated heterocycles. The molecule has 0 amide bonds. The first-order valence-corrected chi connectivity index (χ1v) is 7.35. The summed E-state index contributed by atoms with van der Waals surface area (Å²) in [6, 6.07) is 0. The first-order valence-electron chi connectivity index (χ1n) is 7.35. The maximum atomic E-state index is 8.61. The van der Waals surface area contributed by atoms with E-state index >= 15 is 0 Å². The van der Waals surface area contributed by atoms with Gasteiger partial charge in [-0.25, -0.2) is 0 Å². The number of rotatable bonds is 9. The lowest BCUT2D eigenvalue weighted by Crippen LogP contribution is -2.47. The van der Waals surface area contributed by atoms with Crippen molar-refractivity contribution in [3.63, 3.8) is 0 Å². The summed E-state index contributed by atoms with van der Waals surface area (Å²) in [5.74, 6) is 0.829. The Morgan fingerprint density at radius 2 is 1.61 bits per heavy atom. The van der Waals surface area contributed by atoms with E-state index in [1.54, 1.807) is 0 Å². The molecule has 108 valence electrons. The third-order valence-electron chi connectivity index (χ3n) is 3.51. The quantitative estimate of drug-likeness (QED) is 0.627. The third kappa shape index (κ3) is 7.31. The fourth-order valence-corrected chi connectivity index (χ4v) is 2.32. The number of ether oxygens (including phenoxy) is 1. The Hall–Kier alpha value is -0.160. The predicted octanol–water partition coefficient (Wildman–Crippen LogP) is 1.05. The minimum Gasteiger partial charge on any atom is -0.394 e. The van der Waals surface area contributed by atoms with Crippen LogP contribution in [0.1, 0.15) is 26.7 Å². The summed E-state index contributed by atoms with van der Waals surface area (Å²) < 4.78 is 5.30. The van der Waals surface area contributed by atoms with Gasteiger partial charge in [-0.2, -0.15) is 0 Å². The molecule has 4 nitrogen and oxygen atoms in total. The van der Waals surface area contributed by atoms with Crippen LogP contribution >= 0.6 is 0 Å². The summed E-state index contributed by atoms with van der Waals surface area (Å²) in [6.07, 6.45) is 2.67. The highest BCUT2D eigenvalue weighted by molar-refractivity contribution is 4.71. The summed E-state index contributed by atoms with van der Waals surface area (Å²) in [7, 11) is 0. The van der Waals surface area contributed by atoms with Crippen molar-refractivity contribution in [2.24, 2.45) is 5.92 Å². The molecular weight excluding hydrogens is 228 g/mol. The molecule has 0 aromatic rings. The molecule has 0 atom stereocenters. The van der Waals surface area contributed by atoms with E-state index in [1.165, 1.54) is 32.5 Å². The fraction of sp³-hybridized carbons (Fsp3) is 1.00. The van der Waals surface area contributed by atoms with E-state index in [0.29, 0.717) is 6.61 Å². The first-order chi connectivity index (χ1) is 8.72. The molecule has 0 unspecified atom stereocenters. The zero-order valence-corrected chi connectivity index (χ0v) is 12.1. The van der Waals surface area contributed by atoms with Gasteiger partial charge in [-0.05, 0) is 25.3 Å². The summed E-state index contributed by atoms with van der Waals surface area (Å²) in [6.45, 7) is 12.9. The van der Waals surface area contributed by atoms with Crippen molar-refractivity contribution in [3.05, 3.63) is 0 Å². The molecule has 1 aliphatic heterocycles. The second-order valence-electron chi connectivity index (χ2n) is 5.56. The van der Waals surface area contributed by atoms with Crippen LogP contribution in [0.3, 0.4) is 0 Å². The molecule has 1 N–H and O–H groups in total. The molecule has 0 spiro atoms. The molecule has 1 aliphatic rings. The maximum Gasteiger partial charge on any atom is 0.0698 e. The average molecular weight is 258 g/mol. The van der Waals surface area contributed by atoms with Crippen LogP contribution in [-0.4, -0.2) is 74.0 Å². The Kier molecular flexibility index (Phi) is 8.59. The zero-order valence-electron chi connectivity index (χ0n) is 12.1. The fourth-order valence-electron chi connectivity index (χ4n) is 2.32. The maximum absolute atomic E-state index is 8.61. The summed E-state index contributed by atoms with van der Waals surface area (Å²) in [5.41, 5.74) is 0. The lowest BCUT2D eigenvalue weighted by molar-refractivity contribution is 0.0572. The van der Waals surface area contributed by atoms with Gasteiger partial charge in [0.1, 0.15) is 0 Å². The highest BCUT2D eigenvalue weighted by atomic mass is 16.5. The van der Waals surface area contributed by atoms with Crippen LogP contribution in [0.25, 0.3) is 0 Å². The number of aliphatic hydroxyl groups excluding tert-OH is 1. The molecule has 18 heavy (non-hydrogen) atoms. The van der Waals surface area contributed by atoms with E-state index in [-0.39, 0.29) is 6.61 Å². The lowest BCUT2D eigenvalue weighted by atomic mass is 10.1. The second kappa shape index (κ2) is 9.73. The van der Waals surface area contributed by atoms with Gasteiger partial charge in [0, 0.05) is 32.7 Å². The monoisotopic (exact) mass is 258 g/mol. The van der Waals surface area contributed by atoms with Gasteiger partial charge in [0.25, 0.3) is 0 Å². The summed E-state index contributed by atoms with van der Waals surface area (Å²) >= 11 is 0. The van der Waals surface area contributed by atoms with Gasteiger partial charge in [-0.3, -0.25) is 4.90 Å². The highest BCUT2D eigenvalue weighted by Crippen LogP contribution is 2.07. The average Bonchev–Trinajstić information content (AvgIpc) is 2.36. The number of piperazine rings is 1. The summed E-state index contributed by atoms with van der Waals surface area (Å²) in [4.78, 5) is 5.03. The van der Waals surface area contributed by atoms with Gasteiger partial charge >= 0.3 is 0 Å². The Morgan fingerprint density at radius 3 is 2.17 bits per heavy atom. The van der Waals surface area contributed by atoms with Crippen molar-refractivity contribution in [1.29, 1.82) is 0 Å². The Morgan fingerprint density at radius 1 is 1.00 bits per heavy atom. The van der Waals surface area contributed by atoms with Crippen molar-refractivity contribution in [3.8, 4) is 0 Å². The Bertz CT molecular complexity index is 192. The van der Waals surface area contributed by atoms with Crippen LogP contribution in [0.15, 0.2) is 0 Å². The van der Waals surface area contributed by atoms with Gasteiger partial charge in [-0.15, -0.1) is 0 Å². The zero-order chi connectivity index (χ0) is 13.2. The number of hydrogen-bond donors (Lipinski definition) is 1. The van der Waals surface area contributed by atoms with Gasteiger partial charge in [0.15, 0.2) is 0 Å². The largest absolute Gasteiger partial charge is 0.394 e. The standard InChI is InChI=1S/C14H30N2O2/c1-14(2)4-3-5-15-6-8-16(9-7-15)10-12-18-13-11-17/h14,17H,3-13H2,1-2H3. The molecule has 0 radical (unpaired) electrons. The molecule has 0 aromatic carbocycles. The normalized spacial score (nSPS) is 18.7. The van der Waals surface area contributed by atoms with E-state index in [9.17, 15) is 0 Å². The molecular formula is C14H30N2O2. The molecule has 1 fully saturated rings. The number of aliphatic hydroxyl groups is 1. The summed E-state index contributed by atoms with van der Waals surface area (Å²) in [5, 5.41) is 8.61. The number of hydrogen-bond acceptors (Lipinski definition) is 4. The lowest BCUT2D eigenvalue weighted by Gasteiger charge is -2.34. The molecule has 0 bridgehead atoms. The molecule has 0 aromatic heterocycles. The van der Waals surface area contributed by atoms with Crippen molar-refractivity contribution in [1.82, 2.24) is 9.80 Å². The van der Waals surface area contributed by atoms with Crippen LogP contribution < -0.4 is 0 Å². The van der Waals surface area contributed by atoms with E-state index < -0.39 is 0 Å². The van der Waals surface area contributed by atoms with Crippen molar-refractivity contribution >= 4 is 0 Å². The van der Waals surface area contributed by atoms with Gasteiger partial charge in [-0.1, -0.05) is 13.8 Å². The van der Waals surface area contributed by atoms with Crippen molar-refractivity contribution < 1.29 is 9.84 Å². The third-order valence-corrected chi connectivity index (χ3v) is 3.51. The van der Waals surface area contributed by atoms with Crippen LogP contribution in [0.4, 0.5) is 0 Å². The van der Waals surface area contributed by atoms with E-state index in [0.717, 1.165) is 32.2 Å². The van der Waals surface area contributed by atoms with Crippen LogP contribution in [0.5, 0.6) is 0 Å². The van der Waals surface area contributed by atoms with Crippen LogP contribution in [0, 0.1) is 5.92 Å². The Balaban J connectivity index is 1.98. The second-order valence-corrected chi connectivity index (χ2v) is 5.56. The van der Waals surface area contributed by atoms with Gasteiger partial charge in [0.2, 0.25) is 0 Å². The van der Waals surface area contributed by atoms with Crippen LogP contribution in [-0.2, 0) is 4.74 Å². The first kappa shape index (κ1) is 15.9. The van der Waals surface area contributed by atoms with Gasteiger partial charge in [0.05, 0.1) is 19.8 Å².